The van der Waals surface area contributed by atoms with Crippen molar-refractivity contribution in [1.29, 1.82) is 0 Å². The predicted octanol–water partition coefficient (Wildman–Crippen LogP) is 2.50. The second-order valence-corrected chi connectivity index (χ2v) is 10.5. The number of fused-ring (bicyclic) bond motifs is 1. The van der Waals surface area contributed by atoms with Crippen molar-refractivity contribution >= 4 is 34.3 Å². The zero-order chi connectivity index (χ0) is 24.2. The van der Waals surface area contributed by atoms with Gasteiger partial charge in [-0.3, -0.25) is 9.69 Å². The Labute approximate surface area is 205 Å². The van der Waals surface area contributed by atoms with Crippen molar-refractivity contribution < 1.29 is 9.90 Å². The molecule has 7 rings (SSSR count). The van der Waals surface area contributed by atoms with Crippen LogP contribution in [0.1, 0.15) is 29.8 Å². The van der Waals surface area contributed by atoms with Crippen LogP contribution in [0.2, 0.25) is 0 Å². The summed E-state index contributed by atoms with van der Waals surface area (Å²) in [5, 5.41) is 13.4. The normalized spacial score (nSPS) is 23.6. The largest absolute Gasteiger partial charge is 0.395 e. The highest BCUT2D eigenvalue weighted by Gasteiger charge is 2.59. The van der Waals surface area contributed by atoms with Gasteiger partial charge in [-0.2, -0.15) is 4.98 Å². The maximum absolute atomic E-state index is 13.0. The third kappa shape index (κ3) is 3.83. The van der Waals surface area contributed by atoms with E-state index >= 15 is 0 Å². The molecule has 3 heterocycles. The average Bonchev–Trinajstić information content (AvgIpc) is 3.16. The van der Waals surface area contributed by atoms with Gasteiger partial charge >= 0.3 is 0 Å². The highest BCUT2D eigenvalue weighted by molar-refractivity contribution is 5.98. The molecule has 4 fully saturated rings. The number of carbonyl (C=O) groups is 1. The average molecular weight is 476 g/mol. The molecule has 35 heavy (non-hydrogen) atoms. The standard InChI is InChI=1S/C26H33N7O2/c1-30(2)24(35)22-13-19-17-27-25(29-23(19)33(22)26-14-18(15-26)16-26)28-20-3-5-21(6-4-20)32-9-7-31(8-10-32)11-12-34/h3-6,13,17-18,34H,7-12,14-16H2,1-2H3,(H,27,28,29). The Balaban J connectivity index is 1.22. The predicted molar refractivity (Wildman–Crippen MR) is 136 cm³/mol. The monoisotopic (exact) mass is 475 g/mol. The fraction of sp³-hybridized carbons (Fsp3) is 0.500. The van der Waals surface area contributed by atoms with Crippen LogP contribution in [-0.2, 0) is 5.54 Å². The molecule has 9 nitrogen and oxygen atoms in total. The number of aliphatic hydroxyl groups is 1. The fourth-order valence-electron chi connectivity index (χ4n) is 5.88. The molecule has 9 heteroatoms. The molecule has 184 valence electrons. The molecular weight excluding hydrogens is 442 g/mol. The molecule has 4 aliphatic rings. The van der Waals surface area contributed by atoms with Gasteiger partial charge in [-0.25, -0.2) is 4.98 Å². The maximum Gasteiger partial charge on any atom is 0.270 e. The smallest absolute Gasteiger partial charge is 0.270 e. The number of amides is 1. The molecule has 3 aromatic rings. The van der Waals surface area contributed by atoms with Crippen LogP contribution in [0.3, 0.4) is 0 Å². The molecular formula is C26H33N7O2. The first kappa shape index (κ1) is 22.3. The zero-order valence-corrected chi connectivity index (χ0v) is 20.4. The summed E-state index contributed by atoms with van der Waals surface area (Å²) >= 11 is 0. The maximum atomic E-state index is 13.0. The lowest BCUT2D eigenvalue weighted by molar-refractivity contribution is -0.0870. The number of piperazine rings is 1. The van der Waals surface area contributed by atoms with Gasteiger partial charge in [0.1, 0.15) is 11.3 Å². The van der Waals surface area contributed by atoms with Crippen molar-refractivity contribution in [2.75, 3.05) is 63.6 Å². The van der Waals surface area contributed by atoms with E-state index in [4.69, 9.17) is 10.1 Å². The van der Waals surface area contributed by atoms with Crippen molar-refractivity contribution in [2.45, 2.75) is 24.8 Å². The van der Waals surface area contributed by atoms with E-state index in [0.29, 0.717) is 11.6 Å². The molecule has 0 atom stereocenters. The van der Waals surface area contributed by atoms with Crippen LogP contribution in [-0.4, -0.2) is 88.8 Å². The van der Waals surface area contributed by atoms with Gasteiger partial charge in [-0.1, -0.05) is 0 Å². The second-order valence-electron chi connectivity index (χ2n) is 10.5. The minimum Gasteiger partial charge on any atom is -0.395 e. The Bertz CT molecular complexity index is 1230. The Kier molecular flexibility index (Phi) is 5.41. The summed E-state index contributed by atoms with van der Waals surface area (Å²) in [5.74, 6) is 1.35. The van der Waals surface area contributed by atoms with Crippen LogP contribution in [0.25, 0.3) is 11.0 Å². The zero-order valence-electron chi connectivity index (χ0n) is 20.4. The van der Waals surface area contributed by atoms with Gasteiger partial charge in [0.05, 0.1) is 6.61 Å². The summed E-state index contributed by atoms with van der Waals surface area (Å²) in [6.07, 6.45) is 5.21. The van der Waals surface area contributed by atoms with E-state index in [1.807, 2.05) is 12.3 Å². The van der Waals surface area contributed by atoms with Crippen LogP contribution >= 0.6 is 0 Å². The van der Waals surface area contributed by atoms with E-state index in [1.54, 1.807) is 19.0 Å². The molecule has 0 spiro atoms. The Morgan fingerprint density at radius 1 is 1.14 bits per heavy atom. The first-order valence-corrected chi connectivity index (χ1v) is 12.5. The fourth-order valence-corrected chi connectivity index (χ4v) is 5.88. The van der Waals surface area contributed by atoms with Crippen molar-refractivity contribution in [1.82, 2.24) is 24.3 Å². The number of β-amino-alcohol motifs (C(OH)–C–C–N with tert-alkyl or cyclic N) is 1. The number of aromatic nitrogens is 3. The van der Waals surface area contributed by atoms with Crippen LogP contribution < -0.4 is 10.2 Å². The van der Waals surface area contributed by atoms with Crippen molar-refractivity contribution in [3.8, 4) is 0 Å². The number of nitrogens with zero attached hydrogens (tertiary/aromatic N) is 6. The number of aliphatic hydroxyl groups excluding tert-OH is 1. The first-order chi connectivity index (χ1) is 17.0. The van der Waals surface area contributed by atoms with Crippen molar-refractivity contribution in [3.05, 3.63) is 42.2 Å². The van der Waals surface area contributed by atoms with Gasteiger partial charge in [-0.15, -0.1) is 0 Å². The Morgan fingerprint density at radius 2 is 1.86 bits per heavy atom. The van der Waals surface area contributed by atoms with Crippen LogP contribution in [0, 0.1) is 5.92 Å². The van der Waals surface area contributed by atoms with E-state index in [1.165, 1.54) is 5.69 Å². The lowest BCUT2D eigenvalue weighted by Crippen LogP contribution is -2.60. The summed E-state index contributed by atoms with van der Waals surface area (Å²) in [7, 11) is 3.59. The molecule has 2 N–H and O–H groups in total. The molecule has 3 saturated carbocycles. The molecule has 0 unspecified atom stereocenters. The minimum absolute atomic E-state index is 0.00928. The highest BCUT2D eigenvalue weighted by Crippen LogP contribution is 2.63. The van der Waals surface area contributed by atoms with E-state index in [9.17, 15) is 4.79 Å². The summed E-state index contributed by atoms with van der Waals surface area (Å²) in [5.41, 5.74) is 3.71. The quantitative estimate of drug-likeness (QED) is 0.543. The molecule has 1 aromatic carbocycles. The number of hydrogen-bond acceptors (Lipinski definition) is 7. The third-order valence-electron chi connectivity index (χ3n) is 7.92. The molecule has 2 bridgehead atoms. The van der Waals surface area contributed by atoms with Crippen molar-refractivity contribution in [3.63, 3.8) is 0 Å². The van der Waals surface area contributed by atoms with Crippen LogP contribution in [0.15, 0.2) is 36.5 Å². The molecule has 1 amide bonds. The molecule has 2 aromatic heterocycles. The number of benzene rings is 1. The Hall–Kier alpha value is -3.17. The van der Waals surface area contributed by atoms with Gasteiger partial charge in [0.2, 0.25) is 5.95 Å². The molecule has 1 aliphatic heterocycles. The lowest BCUT2D eigenvalue weighted by Gasteiger charge is -2.62. The van der Waals surface area contributed by atoms with Crippen LogP contribution in [0.4, 0.5) is 17.3 Å². The second kappa shape index (κ2) is 8.49. The summed E-state index contributed by atoms with van der Waals surface area (Å²) in [4.78, 5) is 28.7. The van der Waals surface area contributed by atoms with Gasteiger partial charge in [-0.05, 0) is 55.5 Å². The molecule has 0 radical (unpaired) electrons. The number of carbonyl (C=O) groups excluding carboxylic acids is 1. The number of nitrogens with one attached hydrogen (secondary N) is 1. The number of hydrogen-bond donors (Lipinski definition) is 2. The summed E-state index contributed by atoms with van der Waals surface area (Å²) < 4.78 is 2.19. The van der Waals surface area contributed by atoms with Gasteiger partial charge in [0.15, 0.2) is 0 Å². The lowest BCUT2D eigenvalue weighted by atomic mass is 9.49. The first-order valence-electron chi connectivity index (χ1n) is 12.5. The van der Waals surface area contributed by atoms with Crippen molar-refractivity contribution in [2.24, 2.45) is 5.92 Å². The third-order valence-corrected chi connectivity index (χ3v) is 7.92. The van der Waals surface area contributed by atoms with Gasteiger partial charge < -0.3 is 24.8 Å². The van der Waals surface area contributed by atoms with E-state index in [2.05, 4.69) is 48.9 Å². The SMILES string of the molecule is CN(C)C(=O)c1cc2cnc(Nc3ccc(N4CCN(CCO)CC4)cc3)nc2n1C12CC(C1)C2. The van der Waals surface area contributed by atoms with E-state index in [0.717, 1.165) is 74.6 Å². The summed E-state index contributed by atoms with van der Waals surface area (Å²) in [6, 6.07) is 10.3. The highest BCUT2D eigenvalue weighted by atomic mass is 16.3. The van der Waals surface area contributed by atoms with Gasteiger partial charge in [0, 0.05) is 75.3 Å². The molecule has 1 saturated heterocycles. The summed E-state index contributed by atoms with van der Waals surface area (Å²) in [6.45, 7) is 4.81. The Morgan fingerprint density at radius 3 is 2.46 bits per heavy atom. The van der Waals surface area contributed by atoms with E-state index < -0.39 is 0 Å². The van der Waals surface area contributed by atoms with Gasteiger partial charge in [0.25, 0.3) is 5.91 Å². The minimum atomic E-state index is 0.00928. The number of rotatable bonds is 7. The molecule has 3 aliphatic carbocycles. The number of anilines is 3. The van der Waals surface area contributed by atoms with E-state index in [-0.39, 0.29) is 18.1 Å². The van der Waals surface area contributed by atoms with Crippen LogP contribution in [0.5, 0.6) is 0 Å². The topological polar surface area (TPSA) is 89.8 Å².